The number of hydrogen-bond donors (Lipinski definition) is 1. The molecule has 0 saturated carbocycles. The average Bonchev–Trinajstić information content (AvgIpc) is 2.34. The van der Waals surface area contributed by atoms with E-state index in [-0.39, 0.29) is 12.1 Å². The predicted octanol–water partition coefficient (Wildman–Crippen LogP) is 2.30. The molecule has 0 spiro atoms. The second-order valence-corrected chi connectivity index (χ2v) is 4.20. The van der Waals surface area contributed by atoms with E-state index in [9.17, 15) is 0 Å². The van der Waals surface area contributed by atoms with E-state index in [1.54, 1.807) is 6.20 Å². The van der Waals surface area contributed by atoms with E-state index >= 15 is 0 Å². The molecule has 0 aliphatic heterocycles. The lowest BCUT2D eigenvalue weighted by Crippen LogP contribution is -2.12. The summed E-state index contributed by atoms with van der Waals surface area (Å²) in [7, 11) is 0. The lowest BCUT2D eigenvalue weighted by molar-refractivity contribution is 0.0552. The molecule has 4 nitrogen and oxygen atoms in total. The number of ether oxygens (including phenoxy) is 2. The topological polar surface area (TPSA) is 57.4 Å². The van der Waals surface area contributed by atoms with Crippen LogP contribution in [0.4, 0.5) is 0 Å². The van der Waals surface area contributed by atoms with Gasteiger partial charge in [0.05, 0.1) is 24.6 Å². The fourth-order valence-corrected chi connectivity index (χ4v) is 1.35. The van der Waals surface area contributed by atoms with E-state index in [4.69, 9.17) is 15.2 Å². The van der Waals surface area contributed by atoms with Gasteiger partial charge in [0.15, 0.2) is 0 Å². The van der Waals surface area contributed by atoms with E-state index in [0.29, 0.717) is 13.2 Å². The van der Waals surface area contributed by atoms with Gasteiger partial charge < -0.3 is 15.2 Å². The fourth-order valence-electron chi connectivity index (χ4n) is 1.35. The molecule has 0 bridgehead atoms. The first-order valence-corrected chi connectivity index (χ1v) is 6.09. The van der Waals surface area contributed by atoms with Crippen molar-refractivity contribution in [2.45, 2.75) is 39.3 Å². The lowest BCUT2D eigenvalue weighted by atomic mass is 10.1. The van der Waals surface area contributed by atoms with Crippen molar-refractivity contribution in [3.05, 3.63) is 24.0 Å². The molecule has 1 unspecified atom stereocenters. The Morgan fingerprint density at radius 2 is 2.06 bits per heavy atom. The van der Waals surface area contributed by atoms with Crippen LogP contribution in [0, 0.1) is 0 Å². The summed E-state index contributed by atoms with van der Waals surface area (Å²) < 4.78 is 10.9. The Labute approximate surface area is 103 Å². The average molecular weight is 238 g/mol. The first-order chi connectivity index (χ1) is 8.13. The molecule has 96 valence electrons. The van der Waals surface area contributed by atoms with Crippen molar-refractivity contribution in [1.29, 1.82) is 0 Å². The van der Waals surface area contributed by atoms with Crippen LogP contribution < -0.4 is 10.5 Å². The third-order valence-corrected chi connectivity index (χ3v) is 2.38. The first-order valence-electron chi connectivity index (χ1n) is 6.09. The fraction of sp³-hybridized carbons (Fsp3) is 0.615. The van der Waals surface area contributed by atoms with Crippen molar-refractivity contribution in [1.82, 2.24) is 4.98 Å². The summed E-state index contributed by atoms with van der Waals surface area (Å²) in [5, 5.41) is 0. The van der Waals surface area contributed by atoms with E-state index < -0.39 is 0 Å². The Morgan fingerprint density at radius 3 is 2.59 bits per heavy atom. The summed E-state index contributed by atoms with van der Waals surface area (Å²) in [4.78, 5) is 4.27. The minimum atomic E-state index is 0.00771. The zero-order chi connectivity index (χ0) is 12.7. The van der Waals surface area contributed by atoms with Crippen LogP contribution in [-0.4, -0.2) is 24.3 Å². The number of aromatic nitrogens is 1. The molecule has 2 N–H and O–H groups in total. The Bertz CT molecular complexity index is 312. The van der Waals surface area contributed by atoms with Gasteiger partial charge in [-0.2, -0.15) is 0 Å². The van der Waals surface area contributed by atoms with Crippen LogP contribution in [0.25, 0.3) is 0 Å². The summed E-state index contributed by atoms with van der Waals surface area (Å²) in [5.74, 6) is 0.754. The van der Waals surface area contributed by atoms with E-state index in [2.05, 4.69) is 4.98 Å². The smallest absolute Gasteiger partial charge is 0.137 e. The quantitative estimate of drug-likeness (QED) is 0.740. The molecule has 0 aromatic carbocycles. The Kier molecular flexibility index (Phi) is 5.94. The highest BCUT2D eigenvalue weighted by atomic mass is 16.5. The van der Waals surface area contributed by atoms with Gasteiger partial charge in [0.1, 0.15) is 12.4 Å². The number of nitrogens with two attached hydrogens (primary N) is 1. The number of hydrogen-bond acceptors (Lipinski definition) is 4. The molecule has 4 heteroatoms. The Morgan fingerprint density at radius 1 is 1.29 bits per heavy atom. The van der Waals surface area contributed by atoms with Crippen LogP contribution in [0.3, 0.4) is 0 Å². The lowest BCUT2D eigenvalue weighted by Gasteiger charge is -2.11. The third-order valence-electron chi connectivity index (χ3n) is 2.38. The number of nitrogens with zero attached hydrogens (tertiary/aromatic N) is 1. The highest BCUT2D eigenvalue weighted by Gasteiger charge is 2.04. The summed E-state index contributed by atoms with van der Waals surface area (Å²) >= 11 is 0. The molecule has 1 heterocycles. The maximum absolute atomic E-state index is 5.88. The van der Waals surface area contributed by atoms with Crippen molar-refractivity contribution < 1.29 is 9.47 Å². The molecule has 0 amide bonds. The van der Waals surface area contributed by atoms with Gasteiger partial charge in [0.25, 0.3) is 0 Å². The van der Waals surface area contributed by atoms with Gasteiger partial charge in [-0.05, 0) is 32.4 Å². The van der Waals surface area contributed by atoms with Crippen LogP contribution in [-0.2, 0) is 4.74 Å². The van der Waals surface area contributed by atoms with Crippen molar-refractivity contribution in [3.8, 4) is 5.75 Å². The van der Waals surface area contributed by atoms with Gasteiger partial charge in [-0.1, -0.05) is 6.92 Å². The van der Waals surface area contributed by atoms with Crippen molar-refractivity contribution in [2.24, 2.45) is 5.73 Å². The minimum Gasteiger partial charge on any atom is -0.490 e. The van der Waals surface area contributed by atoms with Gasteiger partial charge in [-0.3, -0.25) is 4.98 Å². The summed E-state index contributed by atoms with van der Waals surface area (Å²) in [5.41, 5.74) is 6.78. The molecular weight excluding hydrogens is 216 g/mol. The van der Waals surface area contributed by atoms with Gasteiger partial charge in [-0.25, -0.2) is 0 Å². The van der Waals surface area contributed by atoms with E-state index in [1.165, 1.54) is 0 Å². The molecule has 0 aliphatic rings. The van der Waals surface area contributed by atoms with Crippen molar-refractivity contribution >= 4 is 0 Å². The summed E-state index contributed by atoms with van der Waals surface area (Å²) in [6, 6.07) is 3.81. The number of rotatable bonds is 7. The maximum atomic E-state index is 5.88. The maximum Gasteiger partial charge on any atom is 0.137 e. The molecule has 1 atom stereocenters. The second kappa shape index (κ2) is 7.25. The van der Waals surface area contributed by atoms with Gasteiger partial charge in [-0.15, -0.1) is 0 Å². The van der Waals surface area contributed by atoms with Crippen LogP contribution in [0.5, 0.6) is 5.75 Å². The standard InChI is InChI=1S/C13H22N2O2/c1-4-12(14)13-6-5-11(9-15-13)17-8-7-16-10(2)3/h5-6,9-10,12H,4,7-8,14H2,1-3H3. The van der Waals surface area contributed by atoms with Crippen LogP contribution in [0.2, 0.25) is 0 Å². The van der Waals surface area contributed by atoms with Gasteiger partial charge in [0, 0.05) is 6.04 Å². The second-order valence-electron chi connectivity index (χ2n) is 4.20. The highest BCUT2D eigenvalue weighted by Crippen LogP contribution is 2.14. The zero-order valence-corrected chi connectivity index (χ0v) is 10.8. The molecule has 0 aliphatic carbocycles. The minimum absolute atomic E-state index is 0.00771. The van der Waals surface area contributed by atoms with Crippen molar-refractivity contribution in [2.75, 3.05) is 13.2 Å². The molecular formula is C13H22N2O2. The van der Waals surface area contributed by atoms with E-state index in [1.807, 2.05) is 32.9 Å². The van der Waals surface area contributed by atoms with Crippen LogP contribution in [0.1, 0.15) is 38.9 Å². The molecule has 0 radical (unpaired) electrons. The Balaban J connectivity index is 2.35. The van der Waals surface area contributed by atoms with Crippen molar-refractivity contribution in [3.63, 3.8) is 0 Å². The highest BCUT2D eigenvalue weighted by molar-refractivity contribution is 5.21. The van der Waals surface area contributed by atoms with Crippen LogP contribution >= 0.6 is 0 Å². The number of pyridine rings is 1. The van der Waals surface area contributed by atoms with Crippen LogP contribution in [0.15, 0.2) is 18.3 Å². The third kappa shape index (κ3) is 5.15. The van der Waals surface area contributed by atoms with Gasteiger partial charge >= 0.3 is 0 Å². The molecule has 0 fully saturated rings. The summed E-state index contributed by atoms with van der Waals surface area (Å²) in [6.45, 7) is 7.18. The Hall–Kier alpha value is -1.13. The largest absolute Gasteiger partial charge is 0.490 e. The monoisotopic (exact) mass is 238 g/mol. The molecule has 1 rings (SSSR count). The predicted molar refractivity (Wildman–Crippen MR) is 68.0 cm³/mol. The first kappa shape index (κ1) is 13.9. The molecule has 1 aromatic heterocycles. The zero-order valence-electron chi connectivity index (χ0n) is 10.8. The van der Waals surface area contributed by atoms with E-state index in [0.717, 1.165) is 17.9 Å². The normalized spacial score (nSPS) is 12.8. The molecule has 0 saturated heterocycles. The molecule has 17 heavy (non-hydrogen) atoms. The SMILES string of the molecule is CCC(N)c1ccc(OCCOC(C)C)cn1. The summed E-state index contributed by atoms with van der Waals surface area (Å²) in [6.07, 6.45) is 2.83. The van der Waals surface area contributed by atoms with Gasteiger partial charge in [0.2, 0.25) is 0 Å². The molecule has 1 aromatic rings.